The summed E-state index contributed by atoms with van der Waals surface area (Å²) < 4.78 is 13.6. The second kappa shape index (κ2) is 4.92. The van der Waals surface area contributed by atoms with Crippen molar-refractivity contribution in [2.24, 2.45) is 0 Å². The molecule has 0 spiro atoms. The van der Waals surface area contributed by atoms with Crippen LogP contribution in [0.2, 0.25) is 0 Å². The lowest BCUT2D eigenvalue weighted by Crippen LogP contribution is -2.15. The van der Waals surface area contributed by atoms with Crippen LogP contribution >= 0.6 is 0 Å². The van der Waals surface area contributed by atoms with Gasteiger partial charge in [0.2, 0.25) is 0 Å². The number of anilines is 1. The fourth-order valence-corrected chi connectivity index (χ4v) is 3.42. The molecule has 0 aliphatic heterocycles. The fourth-order valence-electron chi connectivity index (χ4n) is 2.59. The van der Waals surface area contributed by atoms with E-state index < -0.39 is 10.8 Å². The van der Waals surface area contributed by atoms with Gasteiger partial charge in [-0.15, -0.1) is 0 Å². The number of nitrogens with two attached hydrogens (primary N) is 1. The lowest BCUT2D eigenvalue weighted by molar-refractivity contribution is 0.597. The lowest BCUT2D eigenvalue weighted by Gasteiger charge is -2.16. The summed E-state index contributed by atoms with van der Waals surface area (Å²) in [5.41, 5.74) is 9.07. The Morgan fingerprint density at radius 1 is 1.32 bits per heavy atom. The second-order valence-corrected chi connectivity index (χ2v) is 6.50. The van der Waals surface area contributed by atoms with Crippen molar-refractivity contribution in [2.75, 3.05) is 17.7 Å². The predicted octanol–water partition coefficient (Wildman–Crippen LogP) is 1.88. The van der Waals surface area contributed by atoms with E-state index in [4.69, 9.17) is 5.73 Å². The molecule has 0 bridgehead atoms. The molecule has 2 N–H and O–H groups in total. The van der Waals surface area contributed by atoms with E-state index in [1.807, 2.05) is 20.8 Å². The summed E-state index contributed by atoms with van der Waals surface area (Å²) in [6, 6.07) is 0.121. The van der Waals surface area contributed by atoms with Crippen LogP contribution in [0.15, 0.2) is 0 Å². The fraction of sp³-hybridized carbons (Fsp3) is 0.538. The Morgan fingerprint density at radius 2 is 1.95 bits per heavy atom. The minimum atomic E-state index is -0.844. The molecular formula is C13H20N4OS. The number of aryl methyl sites for hydroxylation is 2. The van der Waals surface area contributed by atoms with Crippen LogP contribution in [0.3, 0.4) is 0 Å². The zero-order chi connectivity index (χ0) is 14.3. The zero-order valence-corrected chi connectivity index (χ0v) is 12.8. The van der Waals surface area contributed by atoms with Gasteiger partial charge in [-0.2, -0.15) is 0 Å². The molecule has 2 rings (SSSR count). The molecule has 0 amide bonds. The van der Waals surface area contributed by atoms with Crippen molar-refractivity contribution in [1.29, 1.82) is 0 Å². The Hall–Kier alpha value is -1.43. The largest absolute Gasteiger partial charge is 0.383 e. The first-order valence-corrected chi connectivity index (χ1v) is 7.96. The van der Waals surface area contributed by atoms with E-state index in [0.29, 0.717) is 17.4 Å². The van der Waals surface area contributed by atoms with Gasteiger partial charge in [0.15, 0.2) is 0 Å². The minimum absolute atomic E-state index is 0.121. The van der Waals surface area contributed by atoms with E-state index in [1.54, 1.807) is 6.26 Å². The van der Waals surface area contributed by atoms with Gasteiger partial charge in [-0.05, 0) is 33.3 Å². The molecule has 0 aliphatic rings. The quantitative estimate of drug-likeness (QED) is 0.931. The van der Waals surface area contributed by atoms with Crippen LogP contribution in [0.1, 0.15) is 30.0 Å². The highest BCUT2D eigenvalue weighted by Gasteiger charge is 2.20. The van der Waals surface area contributed by atoms with Crippen LogP contribution < -0.4 is 5.73 Å². The summed E-state index contributed by atoms with van der Waals surface area (Å²) >= 11 is 0. The number of rotatable bonds is 3. The third-order valence-corrected chi connectivity index (χ3v) is 4.41. The molecule has 0 aromatic carbocycles. The average Bonchev–Trinajstić information content (AvgIpc) is 2.50. The number of fused-ring (bicyclic) bond motifs is 1. The maximum Gasteiger partial charge on any atom is 0.146 e. The van der Waals surface area contributed by atoms with Crippen molar-refractivity contribution in [2.45, 2.75) is 33.7 Å². The molecular weight excluding hydrogens is 260 g/mol. The lowest BCUT2D eigenvalue weighted by atomic mass is 10.2. The molecule has 104 valence electrons. The highest BCUT2D eigenvalue weighted by atomic mass is 32.2. The highest BCUT2D eigenvalue weighted by molar-refractivity contribution is 7.84. The predicted molar refractivity (Wildman–Crippen MR) is 79.8 cm³/mol. The topological polar surface area (TPSA) is 73.8 Å². The minimum Gasteiger partial charge on any atom is -0.383 e. The van der Waals surface area contributed by atoms with Crippen LogP contribution in [0.4, 0.5) is 5.82 Å². The normalized spacial score (nSPS) is 14.8. The molecule has 0 saturated carbocycles. The maximum absolute atomic E-state index is 11.5. The van der Waals surface area contributed by atoms with E-state index >= 15 is 0 Å². The molecule has 2 atom stereocenters. The van der Waals surface area contributed by atoms with Gasteiger partial charge in [-0.3, -0.25) is 4.21 Å². The molecule has 5 nitrogen and oxygen atoms in total. The number of aromatic nitrogens is 3. The molecule has 2 aromatic heterocycles. The van der Waals surface area contributed by atoms with Crippen LogP contribution in [-0.2, 0) is 10.8 Å². The van der Waals surface area contributed by atoms with Crippen LogP contribution in [-0.4, -0.2) is 30.8 Å². The number of nitrogens with zero attached hydrogens (tertiary/aromatic N) is 3. The van der Waals surface area contributed by atoms with Crippen molar-refractivity contribution in [3.05, 3.63) is 17.1 Å². The maximum atomic E-state index is 11.5. The first-order chi connectivity index (χ1) is 8.82. The van der Waals surface area contributed by atoms with E-state index in [9.17, 15) is 4.21 Å². The molecule has 0 radical (unpaired) electrons. The first-order valence-electron chi connectivity index (χ1n) is 6.24. The van der Waals surface area contributed by atoms with Gasteiger partial charge in [-0.1, -0.05) is 0 Å². The van der Waals surface area contributed by atoms with Gasteiger partial charge in [0, 0.05) is 34.5 Å². The van der Waals surface area contributed by atoms with Crippen molar-refractivity contribution in [3.63, 3.8) is 0 Å². The Morgan fingerprint density at radius 3 is 2.53 bits per heavy atom. The third-order valence-electron chi connectivity index (χ3n) is 3.45. The van der Waals surface area contributed by atoms with Crippen LogP contribution in [0, 0.1) is 20.8 Å². The van der Waals surface area contributed by atoms with Crippen molar-refractivity contribution < 1.29 is 4.21 Å². The first kappa shape index (κ1) is 14.0. The van der Waals surface area contributed by atoms with Crippen molar-refractivity contribution >= 4 is 27.7 Å². The summed E-state index contributed by atoms with van der Waals surface area (Å²) in [6.07, 6.45) is 1.72. The van der Waals surface area contributed by atoms with Crippen molar-refractivity contribution in [3.8, 4) is 0 Å². The van der Waals surface area contributed by atoms with Gasteiger partial charge in [0.1, 0.15) is 17.3 Å². The summed E-state index contributed by atoms with van der Waals surface area (Å²) in [7, 11) is -0.844. The molecule has 0 saturated heterocycles. The summed E-state index contributed by atoms with van der Waals surface area (Å²) in [5, 5.41) is 0.914. The van der Waals surface area contributed by atoms with E-state index in [2.05, 4.69) is 21.5 Å². The number of hydrogen-bond donors (Lipinski definition) is 1. The van der Waals surface area contributed by atoms with Gasteiger partial charge < -0.3 is 10.3 Å². The highest BCUT2D eigenvalue weighted by Crippen LogP contribution is 2.30. The number of nitrogen functional groups attached to an aromatic ring is 1. The van der Waals surface area contributed by atoms with Gasteiger partial charge >= 0.3 is 0 Å². The summed E-state index contributed by atoms with van der Waals surface area (Å²) in [4.78, 5) is 8.75. The van der Waals surface area contributed by atoms with E-state index in [1.165, 1.54) is 0 Å². The molecule has 6 heteroatoms. The monoisotopic (exact) mass is 280 g/mol. The van der Waals surface area contributed by atoms with Crippen LogP contribution in [0.25, 0.3) is 11.0 Å². The molecule has 2 aromatic rings. The molecule has 2 heterocycles. The second-order valence-electron chi connectivity index (χ2n) is 5.02. The SMILES string of the molecule is Cc1nc(N)c2c(C)c(C)n(C(C)CS(C)=O)c2n1. The zero-order valence-electron chi connectivity index (χ0n) is 12.0. The number of hydrogen-bond acceptors (Lipinski definition) is 4. The Labute approximate surface area is 115 Å². The van der Waals surface area contributed by atoms with Gasteiger partial charge in [0.05, 0.1) is 5.39 Å². The van der Waals surface area contributed by atoms with E-state index in [-0.39, 0.29) is 6.04 Å². The Bertz CT molecular complexity index is 662. The molecule has 0 fully saturated rings. The van der Waals surface area contributed by atoms with Crippen molar-refractivity contribution in [1.82, 2.24) is 14.5 Å². The van der Waals surface area contributed by atoms with E-state index in [0.717, 1.165) is 22.3 Å². The third kappa shape index (κ3) is 2.36. The average molecular weight is 280 g/mol. The summed E-state index contributed by atoms with van der Waals surface area (Å²) in [6.45, 7) is 7.96. The summed E-state index contributed by atoms with van der Waals surface area (Å²) in [5.74, 6) is 1.78. The van der Waals surface area contributed by atoms with Crippen LogP contribution in [0.5, 0.6) is 0 Å². The molecule has 0 aliphatic carbocycles. The molecule has 2 unspecified atom stereocenters. The molecule has 19 heavy (non-hydrogen) atoms. The standard InChI is InChI=1S/C13H20N4OS/c1-7(6-19(5)18)17-9(3)8(2)11-12(14)15-10(4)16-13(11)17/h7H,6H2,1-5H3,(H2,14,15,16). The Balaban J connectivity index is 2.73. The smallest absolute Gasteiger partial charge is 0.146 e. The Kier molecular flexibility index (Phi) is 3.62. The van der Waals surface area contributed by atoms with Gasteiger partial charge in [-0.25, -0.2) is 9.97 Å². The van der Waals surface area contributed by atoms with Gasteiger partial charge in [0.25, 0.3) is 0 Å².